The molecular formula is C15H20N6. The molecule has 6 nitrogen and oxygen atoms in total. The summed E-state index contributed by atoms with van der Waals surface area (Å²) < 4.78 is 4.02. The van der Waals surface area contributed by atoms with Crippen LogP contribution < -0.4 is 4.90 Å². The highest BCUT2D eigenvalue weighted by atomic mass is 15.3. The fourth-order valence-electron chi connectivity index (χ4n) is 2.47. The van der Waals surface area contributed by atoms with Gasteiger partial charge in [0, 0.05) is 43.8 Å². The maximum Gasteiger partial charge on any atom is 0.157 e. The van der Waals surface area contributed by atoms with Crippen LogP contribution in [0.1, 0.15) is 25.4 Å². The second-order valence-corrected chi connectivity index (χ2v) is 5.05. The summed E-state index contributed by atoms with van der Waals surface area (Å²) in [5.74, 6) is 2.09. The Hall–Kier alpha value is -2.37. The number of hydrogen-bond donors (Lipinski definition) is 0. The number of hydrogen-bond acceptors (Lipinski definition) is 4. The summed E-state index contributed by atoms with van der Waals surface area (Å²) in [4.78, 5) is 11.2. The number of nitrogens with zero attached hydrogens (tertiary/aromatic N) is 6. The van der Waals surface area contributed by atoms with E-state index >= 15 is 0 Å². The average molecular weight is 284 g/mol. The summed E-state index contributed by atoms with van der Waals surface area (Å²) in [6.07, 6.45) is 6.55. The Morgan fingerprint density at radius 1 is 1.24 bits per heavy atom. The van der Waals surface area contributed by atoms with Crippen molar-refractivity contribution in [3.8, 4) is 0 Å². The van der Waals surface area contributed by atoms with Crippen LogP contribution in [0.2, 0.25) is 0 Å². The van der Waals surface area contributed by atoms with E-state index in [0.29, 0.717) is 0 Å². The van der Waals surface area contributed by atoms with Crippen LogP contribution in [0.25, 0.3) is 5.65 Å². The number of rotatable bonds is 5. The van der Waals surface area contributed by atoms with Gasteiger partial charge >= 0.3 is 0 Å². The Kier molecular flexibility index (Phi) is 3.60. The zero-order valence-corrected chi connectivity index (χ0v) is 12.7. The lowest BCUT2D eigenvalue weighted by Gasteiger charge is -2.20. The van der Waals surface area contributed by atoms with Crippen molar-refractivity contribution in [1.29, 1.82) is 0 Å². The van der Waals surface area contributed by atoms with Gasteiger partial charge in [0.25, 0.3) is 0 Å². The highest BCUT2D eigenvalue weighted by Gasteiger charge is 2.12. The van der Waals surface area contributed by atoms with Gasteiger partial charge in [0.05, 0.1) is 12.7 Å². The molecule has 0 unspecified atom stereocenters. The van der Waals surface area contributed by atoms with Gasteiger partial charge in [-0.15, -0.1) is 0 Å². The summed E-state index contributed by atoms with van der Waals surface area (Å²) in [5.41, 5.74) is 1.96. The molecule has 0 saturated carbocycles. The number of anilines is 1. The maximum atomic E-state index is 4.58. The lowest BCUT2D eigenvalue weighted by Crippen LogP contribution is -2.22. The Morgan fingerprint density at radius 3 is 2.86 bits per heavy atom. The maximum absolute atomic E-state index is 4.58. The first-order chi connectivity index (χ1) is 10.2. The van der Waals surface area contributed by atoms with E-state index in [4.69, 9.17) is 0 Å². The van der Waals surface area contributed by atoms with Crippen molar-refractivity contribution in [3.05, 3.63) is 42.2 Å². The molecule has 0 aliphatic heterocycles. The quantitative estimate of drug-likeness (QED) is 0.720. The summed E-state index contributed by atoms with van der Waals surface area (Å²) in [6.45, 7) is 5.90. The third-order valence-electron chi connectivity index (χ3n) is 3.67. The first-order valence-electron chi connectivity index (χ1n) is 7.27. The molecular weight excluding hydrogens is 264 g/mol. The largest absolute Gasteiger partial charge is 0.352 e. The fourth-order valence-corrected chi connectivity index (χ4v) is 2.47. The predicted octanol–water partition coefficient (Wildman–Crippen LogP) is 2.14. The zero-order valence-electron chi connectivity index (χ0n) is 12.7. The van der Waals surface area contributed by atoms with Gasteiger partial charge in [-0.05, 0) is 13.3 Å². The van der Waals surface area contributed by atoms with Gasteiger partial charge in [0.15, 0.2) is 5.65 Å². The van der Waals surface area contributed by atoms with Crippen molar-refractivity contribution in [2.75, 3.05) is 11.9 Å². The lowest BCUT2D eigenvalue weighted by molar-refractivity contribution is 0.678. The summed E-state index contributed by atoms with van der Waals surface area (Å²) in [7, 11) is 2.06. The normalized spacial score (nSPS) is 11.2. The Bertz CT molecular complexity index is 742. The van der Waals surface area contributed by atoms with Crippen LogP contribution in [-0.2, 0) is 19.5 Å². The summed E-state index contributed by atoms with van der Waals surface area (Å²) in [5, 5.41) is 4.37. The van der Waals surface area contributed by atoms with Crippen LogP contribution in [0.15, 0.2) is 30.7 Å². The van der Waals surface area contributed by atoms with Crippen molar-refractivity contribution in [1.82, 2.24) is 24.1 Å². The van der Waals surface area contributed by atoms with E-state index in [1.165, 1.54) is 0 Å². The van der Waals surface area contributed by atoms with Crippen molar-refractivity contribution in [3.63, 3.8) is 0 Å². The molecule has 0 fully saturated rings. The molecule has 110 valence electrons. The van der Waals surface area contributed by atoms with E-state index in [1.807, 2.05) is 23.0 Å². The minimum absolute atomic E-state index is 0.739. The molecule has 21 heavy (non-hydrogen) atoms. The third-order valence-corrected chi connectivity index (χ3v) is 3.67. The molecule has 0 atom stereocenters. The van der Waals surface area contributed by atoms with Crippen molar-refractivity contribution >= 4 is 11.5 Å². The second-order valence-electron chi connectivity index (χ2n) is 5.05. The van der Waals surface area contributed by atoms with E-state index in [9.17, 15) is 0 Å². The number of imidazole rings is 1. The van der Waals surface area contributed by atoms with Gasteiger partial charge in [-0.3, -0.25) is 0 Å². The van der Waals surface area contributed by atoms with Gasteiger partial charge in [-0.25, -0.2) is 9.97 Å². The SMILES string of the molecule is CCc1cc(N(C)Cc2nccn2CC)n2nccc2n1. The second kappa shape index (κ2) is 5.55. The summed E-state index contributed by atoms with van der Waals surface area (Å²) >= 11 is 0. The van der Waals surface area contributed by atoms with Crippen LogP contribution >= 0.6 is 0 Å². The first kappa shape index (κ1) is 13.6. The standard InChI is InChI=1S/C15H20N6/c1-4-12-10-15(21-13(18-12)6-7-17-21)19(3)11-14-16-8-9-20(14)5-2/h6-10H,4-5,11H2,1-3H3. The molecule has 0 N–H and O–H groups in total. The molecule has 3 rings (SSSR count). The predicted molar refractivity (Wildman–Crippen MR) is 82.4 cm³/mol. The number of aromatic nitrogens is 5. The molecule has 0 bridgehead atoms. The molecule has 6 heteroatoms. The Labute approximate surface area is 124 Å². The molecule has 3 aromatic heterocycles. The number of fused-ring (bicyclic) bond motifs is 1. The topological polar surface area (TPSA) is 51.2 Å². The van der Waals surface area contributed by atoms with E-state index in [-0.39, 0.29) is 0 Å². The number of aryl methyl sites for hydroxylation is 2. The van der Waals surface area contributed by atoms with Gasteiger partial charge in [0.1, 0.15) is 11.6 Å². The third kappa shape index (κ3) is 2.49. The van der Waals surface area contributed by atoms with E-state index in [2.05, 4.69) is 51.5 Å². The molecule has 0 radical (unpaired) electrons. The molecule has 3 aromatic rings. The van der Waals surface area contributed by atoms with Gasteiger partial charge < -0.3 is 9.47 Å². The summed E-state index contributed by atoms with van der Waals surface area (Å²) in [6, 6.07) is 4.03. The Balaban J connectivity index is 1.97. The van der Waals surface area contributed by atoms with Crippen LogP contribution in [0.3, 0.4) is 0 Å². The van der Waals surface area contributed by atoms with E-state index < -0.39 is 0 Å². The van der Waals surface area contributed by atoms with Crippen molar-refractivity contribution in [2.24, 2.45) is 0 Å². The average Bonchev–Trinajstić information content (AvgIpc) is 3.14. The fraction of sp³-hybridized carbons (Fsp3) is 0.400. The molecule has 0 aliphatic carbocycles. The first-order valence-corrected chi connectivity index (χ1v) is 7.27. The van der Waals surface area contributed by atoms with Crippen LogP contribution in [0, 0.1) is 0 Å². The van der Waals surface area contributed by atoms with Gasteiger partial charge in [-0.2, -0.15) is 9.61 Å². The lowest BCUT2D eigenvalue weighted by atomic mass is 10.3. The van der Waals surface area contributed by atoms with Crippen LogP contribution in [0.4, 0.5) is 5.82 Å². The van der Waals surface area contributed by atoms with Gasteiger partial charge in [0.2, 0.25) is 0 Å². The molecule has 0 saturated heterocycles. The van der Waals surface area contributed by atoms with E-state index in [1.54, 1.807) is 6.20 Å². The minimum Gasteiger partial charge on any atom is -0.352 e. The highest BCUT2D eigenvalue weighted by Crippen LogP contribution is 2.18. The molecule has 0 aliphatic rings. The van der Waals surface area contributed by atoms with Crippen molar-refractivity contribution < 1.29 is 0 Å². The highest BCUT2D eigenvalue weighted by molar-refractivity contribution is 5.50. The van der Waals surface area contributed by atoms with Crippen LogP contribution in [0.5, 0.6) is 0 Å². The van der Waals surface area contributed by atoms with Crippen LogP contribution in [-0.4, -0.2) is 31.2 Å². The van der Waals surface area contributed by atoms with Gasteiger partial charge in [-0.1, -0.05) is 6.92 Å². The molecule has 0 spiro atoms. The molecule has 3 heterocycles. The molecule has 0 aromatic carbocycles. The smallest absolute Gasteiger partial charge is 0.157 e. The minimum atomic E-state index is 0.739. The van der Waals surface area contributed by atoms with E-state index in [0.717, 1.165) is 42.5 Å². The Morgan fingerprint density at radius 2 is 2.10 bits per heavy atom. The zero-order chi connectivity index (χ0) is 14.8. The monoisotopic (exact) mass is 284 g/mol. The van der Waals surface area contributed by atoms with Crippen molar-refractivity contribution in [2.45, 2.75) is 33.4 Å². The molecule has 0 amide bonds.